The molecule has 7 rings (SSSR count). The van der Waals surface area contributed by atoms with E-state index in [1.54, 1.807) is 37.4 Å². The highest BCUT2D eigenvalue weighted by atomic mass is 35.5. The predicted molar refractivity (Wildman–Crippen MR) is 190 cm³/mol. The maximum Gasteiger partial charge on any atom is 0.261 e. The molecule has 2 atom stereocenters. The van der Waals surface area contributed by atoms with Gasteiger partial charge in [-0.1, -0.05) is 48.0 Å². The fourth-order valence-corrected chi connectivity index (χ4v) is 7.13. The maximum atomic E-state index is 14.2. The van der Waals surface area contributed by atoms with Crippen molar-refractivity contribution in [3.8, 4) is 17.0 Å². The SMILES string of the molecule is COc1cccc([C@@H](C)NC(=O)CN2C(=O)c3cc(-c4nc(NC5CCOCC5)ncc4Cl)ccc3C2CCN2C(=O)c3ccccc3C2=O)c1. The van der Waals surface area contributed by atoms with Crippen molar-refractivity contribution in [2.45, 2.75) is 44.3 Å². The summed E-state index contributed by atoms with van der Waals surface area (Å²) in [5, 5.41) is 6.67. The second kappa shape index (κ2) is 14.5. The molecule has 4 amide bonds. The van der Waals surface area contributed by atoms with E-state index in [0.29, 0.717) is 63.4 Å². The van der Waals surface area contributed by atoms with Gasteiger partial charge < -0.3 is 25.0 Å². The van der Waals surface area contributed by atoms with E-state index in [2.05, 4.69) is 15.6 Å². The van der Waals surface area contributed by atoms with Gasteiger partial charge in [-0.2, -0.15) is 0 Å². The molecule has 51 heavy (non-hydrogen) atoms. The zero-order valence-corrected chi connectivity index (χ0v) is 29.0. The molecule has 2 N–H and O–H groups in total. The van der Waals surface area contributed by atoms with E-state index in [4.69, 9.17) is 26.1 Å². The number of ether oxygens (including phenoxy) is 2. The number of amides is 4. The number of aromatic nitrogens is 2. The summed E-state index contributed by atoms with van der Waals surface area (Å²) in [6.07, 6.45) is 3.43. The highest BCUT2D eigenvalue weighted by Gasteiger charge is 2.41. The van der Waals surface area contributed by atoms with Crippen LogP contribution in [0.15, 0.2) is 72.9 Å². The monoisotopic (exact) mass is 708 g/mol. The van der Waals surface area contributed by atoms with Crippen LogP contribution in [-0.4, -0.2) is 82.9 Å². The fraction of sp³-hybridized carbons (Fsp3) is 0.316. The third kappa shape index (κ3) is 6.89. The summed E-state index contributed by atoms with van der Waals surface area (Å²) in [7, 11) is 1.58. The van der Waals surface area contributed by atoms with Crippen LogP contribution in [0.25, 0.3) is 11.3 Å². The van der Waals surface area contributed by atoms with Gasteiger partial charge in [0, 0.05) is 36.9 Å². The van der Waals surface area contributed by atoms with Crippen molar-refractivity contribution in [3.63, 3.8) is 0 Å². The fourth-order valence-electron chi connectivity index (χ4n) is 6.93. The standard InChI is InChI=1S/C38H37ClN6O6/c1-22(23-6-5-7-26(18-23)50-2)41-33(46)21-45-32(12-15-44-35(47)28-8-3-4-9-29(28)36(44)48)27-11-10-24(19-30(27)37(45)49)34-31(39)20-40-38(43-34)42-25-13-16-51-17-14-25/h3-11,18-20,22,25,32H,12-17,21H2,1-2H3,(H,41,46)(H,40,42,43)/t22-,32?/m1/s1. The Labute approximate surface area is 300 Å². The molecule has 1 aromatic heterocycles. The molecule has 0 radical (unpaired) electrons. The zero-order chi connectivity index (χ0) is 35.6. The summed E-state index contributed by atoms with van der Waals surface area (Å²) >= 11 is 6.59. The minimum Gasteiger partial charge on any atom is -0.497 e. The number of carbonyl (C=O) groups excluding carboxylic acids is 4. The van der Waals surface area contributed by atoms with Gasteiger partial charge in [-0.05, 0) is 67.6 Å². The second-order valence-corrected chi connectivity index (χ2v) is 13.2. The quantitative estimate of drug-likeness (QED) is 0.194. The minimum atomic E-state index is -0.588. The zero-order valence-electron chi connectivity index (χ0n) is 28.2. The lowest BCUT2D eigenvalue weighted by Crippen LogP contribution is -2.41. The van der Waals surface area contributed by atoms with Crippen LogP contribution in [0, 0.1) is 0 Å². The largest absolute Gasteiger partial charge is 0.497 e. The van der Waals surface area contributed by atoms with E-state index in [0.717, 1.165) is 18.4 Å². The van der Waals surface area contributed by atoms with Gasteiger partial charge in [0.2, 0.25) is 11.9 Å². The summed E-state index contributed by atoms with van der Waals surface area (Å²) in [4.78, 5) is 65.8. The summed E-state index contributed by atoms with van der Waals surface area (Å²) in [6.45, 7) is 3.00. The van der Waals surface area contributed by atoms with Gasteiger partial charge >= 0.3 is 0 Å². The van der Waals surface area contributed by atoms with Gasteiger partial charge in [0.05, 0.1) is 47.2 Å². The van der Waals surface area contributed by atoms with Crippen molar-refractivity contribution in [2.75, 3.05) is 38.7 Å². The molecule has 0 saturated carbocycles. The van der Waals surface area contributed by atoms with Gasteiger partial charge in [0.1, 0.15) is 12.3 Å². The number of nitrogens with zero attached hydrogens (tertiary/aromatic N) is 4. The summed E-state index contributed by atoms with van der Waals surface area (Å²) in [5.41, 5.74) is 3.69. The van der Waals surface area contributed by atoms with Crippen molar-refractivity contribution in [1.82, 2.24) is 25.1 Å². The first-order chi connectivity index (χ1) is 24.7. The number of nitrogens with one attached hydrogen (secondary N) is 2. The molecule has 1 fully saturated rings. The van der Waals surface area contributed by atoms with Crippen molar-refractivity contribution in [2.24, 2.45) is 0 Å². The Morgan fingerprint density at radius 3 is 2.45 bits per heavy atom. The van der Waals surface area contributed by atoms with Gasteiger partial charge in [-0.25, -0.2) is 9.97 Å². The topological polar surface area (TPSA) is 143 Å². The Morgan fingerprint density at radius 2 is 1.73 bits per heavy atom. The third-order valence-corrected chi connectivity index (χ3v) is 9.92. The first kappa shape index (κ1) is 34.1. The van der Waals surface area contributed by atoms with E-state index in [-0.39, 0.29) is 55.2 Å². The van der Waals surface area contributed by atoms with E-state index >= 15 is 0 Å². The van der Waals surface area contributed by atoms with Gasteiger partial charge in [-0.15, -0.1) is 0 Å². The molecule has 1 unspecified atom stereocenters. The molecule has 262 valence electrons. The van der Waals surface area contributed by atoms with Crippen molar-refractivity contribution >= 4 is 41.2 Å². The minimum absolute atomic E-state index is 0.0583. The van der Waals surface area contributed by atoms with Gasteiger partial charge in [-0.3, -0.25) is 24.1 Å². The number of halogens is 1. The molecule has 3 aliphatic heterocycles. The molecular formula is C38H37ClN6O6. The first-order valence-electron chi connectivity index (χ1n) is 16.9. The van der Waals surface area contributed by atoms with Crippen LogP contribution < -0.4 is 15.4 Å². The Morgan fingerprint density at radius 1 is 0.980 bits per heavy atom. The molecule has 0 aliphatic carbocycles. The molecule has 3 aliphatic rings. The van der Waals surface area contributed by atoms with Crippen LogP contribution in [0.1, 0.15) is 80.5 Å². The van der Waals surface area contributed by atoms with Crippen LogP contribution in [0.4, 0.5) is 5.95 Å². The smallest absolute Gasteiger partial charge is 0.261 e. The summed E-state index contributed by atoms with van der Waals surface area (Å²) in [5.74, 6) is -0.381. The highest BCUT2D eigenvalue weighted by molar-refractivity contribution is 6.33. The maximum absolute atomic E-state index is 14.2. The number of carbonyl (C=O) groups is 4. The Hall–Kier alpha value is -5.33. The number of anilines is 1. The number of methoxy groups -OCH3 is 1. The van der Waals surface area contributed by atoms with Crippen LogP contribution in [0.5, 0.6) is 5.75 Å². The molecule has 13 heteroatoms. The first-order valence-corrected chi connectivity index (χ1v) is 17.3. The number of rotatable bonds is 11. The predicted octanol–water partition coefficient (Wildman–Crippen LogP) is 5.46. The van der Waals surface area contributed by atoms with Gasteiger partial charge in [0.25, 0.3) is 17.7 Å². The molecular weight excluding hydrogens is 672 g/mol. The van der Waals surface area contributed by atoms with E-state index in [1.807, 2.05) is 43.3 Å². The Balaban J connectivity index is 1.15. The molecule has 3 aromatic carbocycles. The van der Waals surface area contributed by atoms with Crippen LogP contribution >= 0.6 is 11.6 Å². The molecule has 4 heterocycles. The van der Waals surface area contributed by atoms with Crippen LogP contribution in [-0.2, 0) is 9.53 Å². The van der Waals surface area contributed by atoms with Crippen molar-refractivity contribution < 1.29 is 28.7 Å². The Kier molecular flexibility index (Phi) is 9.70. The van der Waals surface area contributed by atoms with Gasteiger partial charge in [0.15, 0.2) is 0 Å². The molecule has 1 saturated heterocycles. The molecule has 12 nitrogen and oxygen atoms in total. The number of hydrogen-bond acceptors (Lipinski definition) is 9. The molecule has 0 spiro atoms. The molecule has 4 aromatic rings. The average Bonchev–Trinajstić information content (AvgIpc) is 3.55. The van der Waals surface area contributed by atoms with E-state index in [1.165, 1.54) is 16.0 Å². The van der Waals surface area contributed by atoms with Crippen LogP contribution in [0.3, 0.4) is 0 Å². The summed E-state index contributed by atoms with van der Waals surface area (Å²) in [6, 6.07) is 18.7. The highest BCUT2D eigenvalue weighted by Crippen LogP contribution is 2.39. The number of fused-ring (bicyclic) bond motifs is 2. The number of benzene rings is 3. The normalized spacial score (nSPS) is 17.7. The summed E-state index contributed by atoms with van der Waals surface area (Å²) < 4.78 is 10.8. The third-order valence-electron chi connectivity index (χ3n) is 9.64. The van der Waals surface area contributed by atoms with E-state index in [9.17, 15) is 19.2 Å². The lowest BCUT2D eigenvalue weighted by Gasteiger charge is -2.27. The van der Waals surface area contributed by atoms with Crippen LogP contribution in [0.2, 0.25) is 5.02 Å². The number of hydrogen-bond donors (Lipinski definition) is 2. The molecule has 0 bridgehead atoms. The Bertz CT molecular complexity index is 1980. The van der Waals surface area contributed by atoms with E-state index < -0.39 is 6.04 Å². The lowest BCUT2D eigenvalue weighted by molar-refractivity contribution is -0.122. The van der Waals surface area contributed by atoms with Crippen molar-refractivity contribution in [3.05, 3.63) is 106 Å². The lowest BCUT2D eigenvalue weighted by atomic mass is 9.98. The number of imide groups is 1. The average molecular weight is 709 g/mol. The second-order valence-electron chi connectivity index (χ2n) is 12.8. The van der Waals surface area contributed by atoms with Crippen molar-refractivity contribution in [1.29, 1.82) is 0 Å².